The van der Waals surface area contributed by atoms with Crippen LogP contribution < -0.4 is 5.73 Å². The lowest BCUT2D eigenvalue weighted by molar-refractivity contribution is 0.0616. The predicted molar refractivity (Wildman–Crippen MR) is 70.6 cm³/mol. The van der Waals surface area contributed by atoms with Crippen molar-refractivity contribution < 1.29 is 9.21 Å². The Morgan fingerprint density at radius 3 is 2.50 bits per heavy atom. The average Bonchev–Trinajstić information content (AvgIpc) is 2.52. The summed E-state index contributed by atoms with van der Waals surface area (Å²) in [6, 6.07) is 0.424. The lowest BCUT2D eigenvalue weighted by atomic mass is 9.97. The largest absolute Gasteiger partial charge is 0.466 e. The second kappa shape index (κ2) is 4.76. The van der Waals surface area contributed by atoms with Gasteiger partial charge in [-0.1, -0.05) is 0 Å². The van der Waals surface area contributed by atoms with Crippen LogP contribution in [0.5, 0.6) is 0 Å². The van der Waals surface area contributed by atoms with Gasteiger partial charge in [0.25, 0.3) is 5.91 Å². The second-order valence-corrected chi connectivity index (χ2v) is 5.35. The normalized spacial score (nSPS) is 24.4. The van der Waals surface area contributed by atoms with Crippen LogP contribution in [0.2, 0.25) is 0 Å². The van der Waals surface area contributed by atoms with Gasteiger partial charge in [0.15, 0.2) is 0 Å². The first-order chi connectivity index (χ1) is 8.41. The highest BCUT2D eigenvalue weighted by Crippen LogP contribution is 2.25. The molecule has 2 rings (SSSR count). The summed E-state index contributed by atoms with van der Waals surface area (Å²) < 4.78 is 5.54. The predicted octanol–water partition coefficient (Wildman–Crippen LogP) is 2.16. The van der Waals surface area contributed by atoms with Crippen molar-refractivity contribution >= 4 is 5.91 Å². The second-order valence-electron chi connectivity index (χ2n) is 5.35. The summed E-state index contributed by atoms with van der Waals surface area (Å²) in [5, 5.41) is 0. The Hall–Kier alpha value is -1.29. The lowest BCUT2D eigenvalue weighted by Gasteiger charge is -2.36. The van der Waals surface area contributed by atoms with Crippen LogP contribution in [0.25, 0.3) is 0 Å². The molecule has 18 heavy (non-hydrogen) atoms. The van der Waals surface area contributed by atoms with Crippen LogP contribution in [0.1, 0.15) is 47.2 Å². The molecule has 0 radical (unpaired) electrons. The third-order valence-corrected chi connectivity index (χ3v) is 3.95. The molecule has 2 atom stereocenters. The molecule has 4 heteroatoms. The van der Waals surface area contributed by atoms with Gasteiger partial charge in [0.05, 0.1) is 5.56 Å². The summed E-state index contributed by atoms with van der Waals surface area (Å²) in [7, 11) is 0. The molecule has 0 bridgehead atoms. The van der Waals surface area contributed by atoms with Gasteiger partial charge in [-0.25, -0.2) is 0 Å². The van der Waals surface area contributed by atoms with Crippen molar-refractivity contribution in [3.63, 3.8) is 0 Å². The van der Waals surface area contributed by atoms with E-state index in [1.54, 1.807) is 0 Å². The Balaban J connectivity index is 2.26. The number of aryl methyl sites for hydroxylation is 2. The Labute approximate surface area is 108 Å². The van der Waals surface area contributed by atoms with Crippen LogP contribution in [-0.2, 0) is 0 Å². The minimum absolute atomic E-state index is 0.0845. The van der Waals surface area contributed by atoms with Gasteiger partial charge in [0, 0.05) is 24.2 Å². The van der Waals surface area contributed by atoms with E-state index in [0.29, 0.717) is 0 Å². The van der Waals surface area contributed by atoms with Crippen LogP contribution >= 0.6 is 0 Å². The molecule has 0 spiro atoms. The minimum atomic E-state index is 0.0845. The van der Waals surface area contributed by atoms with E-state index in [-0.39, 0.29) is 18.0 Å². The summed E-state index contributed by atoms with van der Waals surface area (Å²) in [4.78, 5) is 14.5. The van der Waals surface area contributed by atoms with Gasteiger partial charge in [-0.05, 0) is 40.5 Å². The van der Waals surface area contributed by atoms with Crippen LogP contribution in [0, 0.1) is 20.8 Å². The van der Waals surface area contributed by atoms with E-state index in [0.717, 1.165) is 42.0 Å². The third kappa shape index (κ3) is 2.17. The van der Waals surface area contributed by atoms with Crippen molar-refractivity contribution in [3.8, 4) is 0 Å². The number of hydrogen-bond donors (Lipinski definition) is 1. The van der Waals surface area contributed by atoms with Gasteiger partial charge < -0.3 is 15.1 Å². The van der Waals surface area contributed by atoms with Gasteiger partial charge in [-0.15, -0.1) is 0 Å². The zero-order valence-electron chi connectivity index (χ0n) is 11.6. The first-order valence-corrected chi connectivity index (χ1v) is 6.55. The Bertz CT molecular complexity index is 465. The lowest BCUT2D eigenvalue weighted by Crippen LogP contribution is -2.48. The number of hydrogen-bond acceptors (Lipinski definition) is 3. The van der Waals surface area contributed by atoms with Gasteiger partial charge in [-0.3, -0.25) is 4.79 Å². The van der Waals surface area contributed by atoms with Gasteiger partial charge in [-0.2, -0.15) is 0 Å². The Kier molecular flexibility index (Phi) is 3.48. The number of nitrogens with two attached hydrogens (primary N) is 1. The number of likely N-dealkylation sites (tertiary alicyclic amines) is 1. The Morgan fingerprint density at radius 2 is 2.00 bits per heavy atom. The molecule has 1 aliphatic heterocycles. The molecule has 2 unspecified atom stereocenters. The van der Waals surface area contributed by atoms with E-state index in [2.05, 4.69) is 6.92 Å². The maximum absolute atomic E-state index is 12.6. The third-order valence-electron chi connectivity index (χ3n) is 3.95. The molecule has 1 saturated heterocycles. The molecule has 1 aromatic rings. The maximum atomic E-state index is 12.6. The average molecular weight is 250 g/mol. The highest BCUT2D eigenvalue weighted by Gasteiger charge is 2.30. The highest BCUT2D eigenvalue weighted by molar-refractivity contribution is 5.97. The molecular weight excluding hydrogens is 228 g/mol. The van der Waals surface area contributed by atoms with E-state index in [1.807, 2.05) is 25.7 Å². The number of carbonyl (C=O) groups is 1. The molecule has 1 aliphatic rings. The molecule has 2 N–H and O–H groups in total. The standard InChI is InChI=1S/C14H22N2O2/c1-8-7-12(15)5-6-16(8)14(17)13-9(2)10(3)18-11(13)4/h8,12H,5-7,15H2,1-4H3. The van der Waals surface area contributed by atoms with Crippen molar-refractivity contribution in [3.05, 3.63) is 22.6 Å². The Morgan fingerprint density at radius 1 is 1.33 bits per heavy atom. The van der Waals surface area contributed by atoms with E-state index in [4.69, 9.17) is 10.2 Å². The topological polar surface area (TPSA) is 59.5 Å². The molecule has 100 valence electrons. The summed E-state index contributed by atoms with van der Waals surface area (Å²) in [5.74, 6) is 1.63. The highest BCUT2D eigenvalue weighted by atomic mass is 16.3. The summed E-state index contributed by atoms with van der Waals surface area (Å²) in [5.41, 5.74) is 7.62. The molecular formula is C14H22N2O2. The molecule has 2 heterocycles. The molecule has 1 aromatic heterocycles. The molecule has 1 fully saturated rings. The number of furan rings is 1. The van der Waals surface area contributed by atoms with Crippen molar-refractivity contribution in [2.45, 2.75) is 52.6 Å². The van der Waals surface area contributed by atoms with E-state index in [9.17, 15) is 4.79 Å². The zero-order valence-corrected chi connectivity index (χ0v) is 11.6. The number of amides is 1. The monoisotopic (exact) mass is 250 g/mol. The van der Waals surface area contributed by atoms with Crippen molar-refractivity contribution in [2.75, 3.05) is 6.54 Å². The van der Waals surface area contributed by atoms with Gasteiger partial charge in [0.2, 0.25) is 0 Å². The molecule has 0 aliphatic carbocycles. The van der Waals surface area contributed by atoms with Crippen molar-refractivity contribution in [1.29, 1.82) is 0 Å². The molecule has 1 amide bonds. The van der Waals surface area contributed by atoms with E-state index >= 15 is 0 Å². The summed E-state index contributed by atoms with van der Waals surface area (Å²) in [6.07, 6.45) is 1.76. The van der Waals surface area contributed by atoms with Crippen LogP contribution in [0.4, 0.5) is 0 Å². The van der Waals surface area contributed by atoms with Crippen molar-refractivity contribution in [1.82, 2.24) is 4.90 Å². The number of rotatable bonds is 1. The SMILES string of the molecule is Cc1oc(C)c(C(=O)N2CCC(N)CC2C)c1C. The fourth-order valence-corrected chi connectivity index (χ4v) is 2.76. The molecule has 4 nitrogen and oxygen atoms in total. The minimum Gasteiger partial charge on any atom is -0.466 e. The summed E-state index contributed by atoms with van der Waals surface area (Å²) >= 11 is 0. The number of nitrogens with zero attached hydrogens (tertiary/aromatic N) is 1. The van der Waals surface area contributed by atoms with Crippen LogP contribution in [0.3, 0.4) is 0 Å². The number of piperidine rings is 1. The van der Waals surface area contributed by atoms with E-state index in [1.165, 1.54) is 0 Å². The smallest absolute Gasteiger partial charge is 0.257 e. The zero-order chi connectivity index (χ0) is 13.4. The van der Waals surface area contributed by atoms with Crippen molar-refractivity contribution in [2.24, 2.45) is 5.73 Å². The first-order valence-electron chi connectivity index (χ1n) is 6.55. The van der Waals surface area contributed by atoms with Crippen LogP contribution in [0.15, 0.2) is 4.42 Å². The van der Waals surface area contributed by atoms with Gasteiger partial charge in [0.1, 0.15) is 11.5 Å². The quantitative estimate of drug-likeness (QED) is 0.831. The van der Waals surface area contributed by atoms with Crippen LogP contribution in [-0.4, -0.2) is 29.4 Å². The first kappa shape index (κ1) is 13.1. The molecule has 0 saturated carbocycles. The fourth-order valence-electron chi connectivity index (χ4n) is 2.76. The maximum Gasteiger partial charge on any atom is 0.257 e. The fraction of sp³-hybridized carbons (Fsp3) is 0.643. The van der Waals surface area contributed by atoms with E-state index < -0.39 is 0 Å². The summed E-state index contributed by atoms with van der Waals surface area (Å²) in [6.45, 7) is 8.50. The number of carbonyl (C=O) groups excluding carboxylic acids is 1. The van der Waals surface area contributed by atoms with Gasteiger partial charge >= 0.3 is 0 Å². The molecule has 0 aromatic carbocycles.